The molecule has 0 fully saturated rings. The third-order valence-corrected chi connectivity index (χ3v) is 8.10. The van der Waals surface area contributed by atoms with Crippen molar-refractivity contribution in [2.75, 3.05) is 6.54 Å². The third-order valence-electron chi connectivity index (χ3n) is 7.04. The van der Waals surface area contributed by atoms with Gasteiger partial charge in [-0.25, -0.2) is 4.39 Å². The molecule has 1 amide bonds. The summed E-state index contributed by atoms with van der Waals surface area (Å²) in [4.78, 5) is 44.8. The summed E-state index contributed by atoms with van der Waals surface area (Å²) in [5.41, 5.74) is 1.76. The number of halogens is 4. The Morgan fingerprint density at radius 1 is 0.936 bits per heavy atom. The van der Waals surface area contributed by atoms with Gasteiger partial charge in [-0.15, -0.1) is 0 Å². The number of nitrogens with zero attached hydrogens (tertiary/aromatic N) is 3. The van der Waals surface area contributed by atoms with Crippen molar-refractivity contribution in [1.29, 1.82) is 0 Å². The molecule has 0 aliphatic carbocycles. The van der Waals surface area contributed by atoms with Crippen LogP contribution in [0, 0.1) is 5.82 Å². The second-order valence-corrected chi connectivity index (χ2v) is 12.1. The maximum atomic E-state index is 13.7. The number of ether oxygens (including phenoxy) is 1. The first-order chi connectivity index (χ1) is 22.3. The highest BCUT2D eigenvalue weighted by molar-refractivity contribution is 7.98. The second-order valence-electron chi connectivity index (χ2n) is 11.2. The summed E-state index contributed by atoms with van der Waals surface area (Å²) in [7, 11) is 0. The van der Waals surface area contributed by atoms with E-state index in [1.165, 1.54) is 42.2 Å². The van der Waals surface area contributed by atoms with E-state index in [0.29, 0.717) is 24.3 Å². The first-order valence-corrected chi connectivity index (χ1v) is 16.0. The van der Waals surface area contributed by atoms with Crippen LogP contribution in [-0.2, 0) is 45.8 Å². The Morgan fingerprint density at radius 3 is 2.11 bits per heavy atom. The van der Waals surface area contributed by atoms with E-state index in [4.69, 9.17) is 4.74 Å². The summed E-state index contributed by atoms with van der Waals surface area (Å²) in [5.74, 6) is -0.846. The Balaban J connectivity index is 1.54. The fourth-order valence-electron chi connectivity index (χ4n) is 4.74. The molecule has 47 heavy (non-hydrogen) atoms. The summed E-state index contributed by atoms with van der Waals surface area (Å²) in [6.45, 7) is 5.91. The number of aromatic nitrogens is 2. The minimum atomic E-state index is -4.41. The summed E-state index contributed by atoms with van der Waals surface area (Å²) in [5, 5.41) is 0.269. The lowest BCUT2D eigenvalue weighted by Gasteiger charge is -2.24. The van der Waals surface area contributed by atoms with Crippen LogP contribution >= 0.6 is 11.8 Å². The number of esters is 1. The molecule has 0 spiro atoms. The molecule has 0 atom stereocenters. The molecule has 0 N–H and O–H groups in total. The molecule has 0 radical (unpaired) electrons. The molecule has 4 aromatic rings. The monoisotopic (exact) mass is 669 g/mol. The van der Waals surface area contributed by atoms with Gasteiger partial charge in [0.25, 0.3) is 5.56 Å². The molecular formula is C35H35F4N3O4S. The molecule has 0 saturated heterocycles. The number of alkyl halides is 3. The summed E-state index contributed by atoms with van der Waals surface area (Å²) in [6.07, 6.45) is -2.94. The van der Waals surface area contributed by atoms with Gasteiger partial charge in [0.2, 0.25) is 5.91 Å². The van der Waals surface area contributed by atoms with E-state index in [9.17, 15) is 31.9 Å². The number of amides is 1. The minimum Gasteiger partial charge on any atom is -0.463 e. The first kappa shape index (κ1) is 35.4. The average Bonchev–Trinajstić information content (AvgIpc) is 3.02. The molecule has 1 aromatic heterocycles. The molecule has 1 heterocycles. The molecule has 3 aromatic carbocycles. The van der Waals surface area contributed by atoms with E-state index in [1.807, 2.05) is 19.1 Å². The Hall–Kier alpha value is -4.45. The normalized spacial score (nSPS) is 11.5. The van der Waals surface area contributed by atoms with Crippen LogP contribution in [0.25, 0.3) is 11.1 Å². The van der Waals surface area contributed by atoms with Gasteiger partial charge in [0.15, 0.2) is 5.16 Å². The third kappa shape index (κ3) is 10.3. The molecule has 0 bridgehead atoms. The lowest BCUT2D eigenvalue weighted by atomic mass is 10.0. The van der Waals surface area contributed by atoms with E-state index in [1.54, 1.807) is 47.6 Å². The SMILES string of the molecule is CCCN(Cc1ccc(-c2ccc(C(F)(F)F)cc2)cc1)C(=O)Cn1cc(CC(=O)OC(C)C)c(=O)nc1SCc1ccc(F)cc1. The maximum absolute atomic E-state index is 13.7. The van der Waals surface area contributed by atoms with Gasteiger partial charge in [0.05, 0.1) is 18.1 Å². The number of carbonyl (C=O) groups is 2. The zero-order valence-electron chi connectivity index (χ0n) is 26.2. The molecule has 0 saturated carbocycles. The van der Waals surface area contributed by atoms with E-state index in [0.717, 1.165) is 28.8 Å². The van der Waals surface area contributed by atoms with Gasteiger partial charge in [0, 0.05) is 30.6 Å². The van der Waals surface area contributed by atoms with Crippen LogP contribution in [0.15, 0.2) is 88.9 Å². The molecule has 12 heteroatoms. The van der Waals surface area contributed by atoms with Crippen LogP contribution in [0.2, 0.25) is 0 Å². The van der Waals surface area contributed by atoms with Crippen molar-refractivity contribution in [1.82, 2.24) is 14.5 Å². The van der Waals surface area contributed by atoms with Crippen molar-refractivity contribution in [3.63, 3.8) is 0 Å². The maximum Gasteiger partial charge on any atom is 0.416 e. The number of rotatable bonds is 13. The smallest absolute Gasteiger partial charge is 0.416 e. The fraction of sp³-hybridized carbons (Fsp3) is 0.314. The van der Waals surface area contributed by atoms with Gasteiger partial charge in [-0.2, -0.15) is 18.2 Å². The fourth-order valence-corrected chi connectivity index (χ4v) is 5.66. The molecule has 0 aliphatic heterocycles. The topological polar surface area (TPSA) is 81.5 Å². The van der Waals surface area contributed by atoms with E-state index < -0.39 is 23.3 Å². The molecule has 7 nitrogen and oxygen atoms in total. The molecular weight excluding hydrogens is 634 g/mol. The lowest BCUT2D eigenvalue weighted by Crippen LogP contribution is -2.35. The Kier molecular flexibility index (Phi) is 12.0. The highest BCUT2D eigenvalue weighted by Gasteiger charge is 2.30. The van der Waals surface area contributed by atoms with Crippen molar-refractivity contribution in [2.24, 2.45) is 0 Å². The van der Waals surface area contributed by atoms with E-state index in [2.05, 4.69) is 4.98 Å². The van der Waals surface area contributed by atoms with Crippen LogP contribution in [0.5, 0.6) is 0 Å². The van der Waals surface area contributed by atoms with Crippen molar-refractivity contribution in [2.45, 2.75) is 69.9 Å². The van der Waals surface area contributed by atoms with Crippen LogP contribution < -0.4 is 5.56 Å². The predicted octanol–water partition coefficient (Wildman–Crippen LogP) is 7.29. The Morgan fingerprint density at radius 2 is 1.53 bits per heavy atom. The van der Waals surface area contributed by atoms with Gasteiger partial charge in [0.1, 0.15) is 12.4 Å². The standard InChI is InChI=1S/C35H35F4N3O4S/c1-4-17-41(19-24-5-9-26(10-6-24)27-11-13-29(14-12-27)35(37,38)39)31(43)21-42-20-28(18-32(44)46-23(2)3)33(45)40-34(42)47-22-25-7-15-30(36)16-8-25/h5-16,20,23H,4,17-19,21-22H2,1-3H3. The predicted molar refractivity (Wildman–Crippen MR) is 172 cm³/mol. The largest absolute Gasteiger partial charge is 0.463 e. The van der Waals surface area contributed by atoms with Crippen LogP contribution in [0.4, 0.5) is 17.6 Å². The second kappa shape index (κ2) is 15.9. The average molecular weight is 670 g/mol. The number of hydrogen-bond donors (Lipinski definition) is 0. The zero-order chi connectivity index (χ0) is 34.1. The molecule has 248 valence electrons. The van der Waals surface area contributed by atoms with Crippen LogP contribution in [0.1, 0.15) is 49.4 Å². The Bertz CT molecular complexity index is 1720. The van der Waals surface area contributed by atoms with Crippen molar-refractivity contribution in [3.8, 4) is 11.1 Å². The minimum absolute atomic E-state index is 0.0930. The van der Waals surface area contributed by atoms with E-state index >= 15 is 0 Å². The summed E-state index contributed by atoms with van der Waals surface area (Å²) < 4.78 is 59.0. The van der Waals surface area contributed by atoms with Gasteiger partial charge < -0.3 is 14.2 Å². The number of carbonyl (C=O) groups excluding carboxylic acids is 2. The molecule has 0 unspecified atom stereocenters. The van der Waals surface area contributed by atoms with Crippen LogP contribution in [-0.4, -0.2) is 39.0 Å². The molecule has 4 rings (SSSR count). The zero-order valence-corrected chi connectivity index (χ0v) is 27.0. The first-order valence-electron chi connectivity index (χ1n) is 15.0. The lowest BCUT2D eigenvalue weighted by molar-refractivity contribution is -0.146. The highest BCUT2D eigenvalue weighted by atomic mass is 32.2. The van der Waals surface area contributed by atoms with Crippen molar-refractivity contribution in [3.05, 3.63) is 117 Å². The van der Waals surface area contributed by atoms with Crippen molar-refractivity contribution < 1.29 is 31.9 Å². The van der Waals surface area contributed by atoms with Crippen molar-refractivity contribution >= 4 is 23.6 Å². The molecule has 0 aliphatic rings. The number of thioether (sulfide) groups is 1. The quantitative estimate of drug-likeness (QED) is 0.0644. The summed E-state index contributed by atoms with van der Waals surface area (Å²) >= 11 is 1.21. The highest BCUT2D eigenvalue weighted by Crippen LogP contribution is 2.31. The van der Waals surface area contributed by atoms with Gasteiger partial charge in [-0.1, -0.05) is 67.2 Å². The number of benzene rings is 3. The van der Waals surface area contributed by atoms with Crippen LogP contribution in [0.3, 0.4) is 0 Å². The number of hydrogen-bond acceptors (Lipinski definition) is 6. The van der Waals surface area contributed by atoms with E-state index in [-0.39, 0.29) is 48.1 Å². The summed E-state index contributed by atoms with van der Waals surface area (Å²) in [6, 6.07) is 18.1. The Labute approximate surface area is 274 Å². The van der Waals surface area contributed by atoms with Gasteiger partial charge in [-0.3, -0.25) is 14.4 Å². The van der Waals surface area contributed by atoms with Gasteiger partial charge in [-0.05, 0) is 66.8 Å². The van der Waals surface area contributed by atoms with Gasteiger partial charge >= 0.3 is 12.1 Å².